The van der Waals surface area contributed by atoms with Crippen molar-refractivity contribution in [3.63, 3.8) is 0 Å². The Morgan fingerprint density at radius 2 is 1.21 bits per heavy atom. The first kappa shape index (κ1) is 35.9. The Balaban J connectivity index is 2.23. The first-order chi connectivity index (χ1) is 18.2. The number of hydrogen-bond donors (Lipinski definition) is 6. The van der Waals surface area contributed by atoms with Gasteiger partial charge in [0.2, 0.25) is 0 Å². The molecule has 38 heavy (non-hydrogen) atoms. The summed E-state index contributed by atoms with van der Waals surface area (Å²) in [5.41, 5.74) is 0. The number of aliphatic hydroxyl groups is 4. The van der Waals surface area contributed by atoms with Crippen LogP contribution >= 0.6 is 7.60 Å². The van der Waals surface area contributed by atoms with Crippen molar-refractivity contribution < 1.29 is 44.3 Å². The summed E-state index contributed by atoms with van der Waals surface area (Å²) in [7, 11) is -4.00. The molecule has 1 rings (SSSR count). The molecular formula is C27H56NO9P. The van der Waals surface area contributed by atoms with Crippen molar-refractivity contribution in [1.29, 1.82) is 0 Å². The van der Waals surface area contributed by atoms with Crippen LogP contribution in [0.1, 0.15) is 103 Å². The van der Waals surface area contributed by atoms with Crippen molar-refractivity contribution >= 4 is 7.60 Å². The van der Waals surface area contributed by atoms with Crippen molar-refractivity contribution in [2.45, 2.75) is 134 Å². The first-order valence-corrected chi connectivity index (χ1v) is 16.7. The first-order valence-electron chi connectivity index (χ1n) is 14.9. The van der Waals surface area contributed by atoms with Crippen LogP contribution < -0.4 is 0 Å². The van der Waals surface area contributed by atoms with Gasteiger partial charge in [-0.05, 0) is 45.3 Å². The Labute approximate surface area is 229 Å². The third-order valence-electron chi connectivity index (χ3n) is 7.25. The predicted molar refractivity (Wildman–Crippen MR) is 148 cm³/mol. The molecule has 1 aliphatic heterocycles. The van der Waals surface area contributed by atoms with Gasteiger partial charge >= 0.3 is 7.60 Å². The molecule has 10 nitrogen and oxygen atoms in total. The summed E-state index contributed by atoms with van der Waals surface area (Å²) >= 11 is 0. The Bertz CT molecular complexity index is 607. The van der Waals surface area contributed by atoms with E-state index in [2.05, 4.69) is 11.8 Å². The minimum absolute atomic E-state index is 0.109. The van der Waals surface area contributed by atoms with Gasteiger partial charge < -0.3 is 44.6 Å². The van der Waals surface area contributed by atoms with E-state index in [0.717, 1.165) is 32.4 Å². The molecule has 0 aromatic rings. The lowest BCUT2D eigenvalue weighted by Crippen LogP contribution is -2.59. The number of hydrogen-bond acceptors (Lipinski definition) is 8. The highest BCUT2D eigenvalue weighted by Gasteiger charge is 2.43. The van der Waals surface area contributed by atoms with Gasteiger partial charge in [0, 0.05) is 6.61 Å². The lowest BCUT2D eigenvalue weighted by Gasteiger charge is -2.39. The van der Waals surface area contributed by atoms with Crippen molar-refractivity contribution in [2.24, 2.45) is 0 Å². The maximum atomic E-state index is 11.2. The zero-order valence-electron chi connectivity index (χ0n) is 23.5. The van der Waals surface area contributed by atoms with Crippen molar-refractivity contribution in [2.75, 3.05) is 39.0 Å². The molecule has 0 bridgehead atoms. The second-order valence-corrected chi connectivity index (χ2v) is 12.5. The third kappa shape index (κ3) is 16.9. The second kappa shape index (κ2) is 21.6. The van der Waals surface area contributed by atoms with E-state index in [1.165, 1.54) is 64.2 Å². The monoisotopic (exact) mass is 569 g/mol. The summed E-state index contributed by atoms with van der Waals surface area (Å²) < 4.78 is 22.1. The predicted octanol–water partition coefficient (Wildman–Crippen LogP) is 3.15. The molecule has 0 radical (unpaired) electrons. The molecule has 0 aromatic heterocycles. The summed E-state index contributed by atoms with van der Waals surface area (Å²) in [5.74, 6) is 0. The number of aliphatic hydroxyl groups excluding tert-OH is 4. The standard InChI is InChI=1S/C27H56NO9P/c1-2-3-4-5-6-7-8-9-10-11-12-13-17-28(19-16-21-38(33,34)35)18-14-15-20-36-27-26(32)25(31)24(30)23(22-29)37-27/h23-27,29-32H,2-22H2,1H3,(H2,33,34,35)/t23-,24-,25+,26-,27-/m1/s1. The summed E-state index contributed by atoms with van der Waals surface area (Å²) in [4.78, 5) is 20.6. The SMILES string of the molecule is CCCCCCCCCCCCCCN(CCCCO[C@@H]1O[C@H](CO)[C@@H](O)[C@H](O)[C@H]1O)CCCP(=O)(O)O. The Morgan fingerprint density at radius 3 is 1.74 bits per heavy atom. The van der Waals surface area contributed by atoms with Gasteiger partial charge in [-0.15, -0.1) is 0 Å². The lowest BCUT2D eigenvalue weighted by molar-refractivity contribution is -0.301. The zero-order valence-corrected chi connectivity index (χ0v) is 24.4. The van der Waals surface area contributed by atoms with Gasteiger partial charge in [0.15, 0.2) is 6.29 Å². The van der Waals surface area contributed by atoms with Crippen molar-refractivity contribution in [3.05, 3.63) is 0 Å². The Kier molecular flexibility index (Phi) is 20.4. The van der Waals surface area contributed by atoms with Crippen LogP contribution in [-0.2, 0) is 14.0 Å². The number of nitrogens with zero attached hydrogens (tertiary/aromatic N) is 1. The van der Waals surface area contributed by atoms with Crippen LogP contribution in [-0.4, -0.2) is 105 Å². The number of rotatable bonds is 24. The highest BCUT2D eigenvalue weighted by molar-refractivity contribution is 7.51. The molecule has 1 fully saturated rings. The quantitative estimate of drug-likeness (QED) is 0.0753. The van der Waals surface area contributed by atoms with Crippen molar-refractivity contribution in [1.82, 2.24) is 4.90 Å². The summed E-state index contributed by atoms with van der Waals surface area (Å²) in [6.07, 6.45) is 10.9. The van der Waals surface area contributed by atoms with Crippen LogP contribution in [0.2, 0.25) is 0 Å². The lowest BCUT2D eigenvalue weighted by atomic mass is 9.99. The van der Waals surface area contributed by atoms with Gasteiger partial charge in [-0.25, -0.2) is 0 Å². The van der Waals surface area contributed by atoms with Crippen molar-refractivity contribution in [3.8, 4) is 0 Å². The van der Waals surface area contributed by atoms with E-state index in [1.54, 1.807) is 0 Å². The summed E-state index contributed by atoms with van der Waals surface area (Å²) in [5, 5.41) is 39.0. The number of ether oxygens (including phenoxy) is 2. The van der Waals surface area contributed by atoms with E-state index >= 15 is 0 Å². The van der Waals surface area contributed by atoms with Crippen LogP contribution in [0.15, 0.2) is 0 Å². The molecule has 0 spiro atoms. The van der Waals surface area contributed by atoms with Crippen LogP contribution in [0.5, 0.6) is 0 Å². The summed E-state index contributed by atoms with van der Waals surface area (Å²) in [6.45, 7) is 4.33. The minimum atomic E-state index is -4.00. The largest absolute Gasteiger partial charge is 0.394 e. The van der Waals surface area contributed by atoms with E-state index in [0.29, 0.717) is 19.4 Å². The number of unbranched alkanes of at least 4 members (excludes halogenated alkanes) is 12. The molecule has 0 unspecified atom stereocenters. The molecule has 5 atom stereocenters. The van der Waals surface area contributed by atoms with E-state index < -0.39 is 44.9 Å². The zero-order chi connectivity index (χ0) is 28.2. The molecule has 0 aromatic carbocycles. The molecular weight excluding hydrogens is 513 g/mol. The van der Waals surface area contributed by atoms with Crippen LogP contribution in [0.25, 0.3) is 0 Å². The molecule has 1 saturated heterocycles. The fourth-order valence-corrected chi connectivity index (χ4v) is 5.41. The van der Waals surface area contributed by atoms with Gasteiger partial charge in [0.1, 0.15) is 24.4 Å². The highest BCUT2D eigenvalue weighted by Crippen LogP contribution is 2.34. The van der Waals surface area contributed by atoms with Gasteiger partial charge in [-0.1, -0.05) is 77.6 Å². The van der Waals surface area contributed by atoms with E-state index in [4.69, 9.17) is 9.47 Å². The van der Waals surface area contributed by atoms with Gasteiger partial charge in [-0.3, -0.25) is 4.57 Å². The fourth-order valence-electron chi connectivity index (χ4n) is 4.85. The van der Waals surface area contributed by atoms with E-state index in [-0.39, 0.29) is 12.8 Å². The maximum absolute atomic E-state index is 11.2. The average molecular weight is 570 g/mol. The second-order valence-electron chi connectivity index (χ2n) is 10.7. The molecule has 1 aliphatic rings. The normalized spacial score (nSPS) is 24.4. The van der Waals surface area contributed by atoms with Gasteiger partial charge in [-0.2, -0.15) is 0 Å². The van der Waals surface area contributed by atoms with Crippen LogP contribution in [0.4, 0.5) is 0 Å². The molecule has 0 amide bonds. The minimum Gasteiger partial charge on any atom is -0.394 e. The Hall–Kier alpha value is -0.130. The van der Waals surface area contributed by atoms with Crippen LogP contribution in [0.3, 0.4) is 0 Å². The third-order valence-corrected chi connectivity index (χ3v) is 8.15. The molecule has 11 heteroatoms. The molecule has 228 valence electrons. The highest BCUT2D eigenvalue weighted by atomic mass is 31.2. The maximum Gasteiger partial charge on any atom is 0.325 e. The van der Waals surface area contributed by atoms with E-state index in [9.17, 15) is 34.8 Å². The topological polar surface area (TPSA) is 160 Å². The molecule has 0 saturated carbocycles. The average Bonchev–Trinajstić information content (AvgIpc) is 2.87. The fraction of sp³-hybridized carbons (Fsp3) is 1.00. The molecule has 1 heterocycles. The van der Waals surface area contributed by atoms with E-state index in [1.807, 2.05) is 0 Å². The van der Waals surface area contributed by atoms with Gasteiger partial charge in [0.25, 0.3) is 0 Å². The smallest absolute Gasteiger partial charge is 0.325 e. The Morgan fingerprint density at radius 1 is 0.711 bits per heavy atom. The molecule has 0 aliphatic carbocycles. The summed E-state index contributed by atoms with van der Waals surface area (Å²) in [6, 6.07) is 0. The van der Waals surface area contributed by atoms with Gasteiger partial charge in [0.05, 0.1) is 12.8 Å². The van der Waals surface area contributed by atoms with Crippen LogP contribution in [0, 0.1) is 0 Å². The molecule has 6 N–H and O–H groups in total.